The van der Waals surface area contributed by atoms with E-state index >= 15 is 0 Å². The van der Waals surface area contributed by atoms with E-state index in [1.54, 1.807) is 60.7 Å². The fourth-order valence-corrected chi connectivity index (χ4v) is 6.53. The molecule has 254 valence electrons. The minimum absolute atomic E-state index is 0.00288. The summed E-state index contributed by atoms with van der Waals surface area (Å²) in [7, 11) is 3.03. The lowest BCUT2D eigenvalue weighted by molar-refractivity contribution is -0.116. The number of ether oxygens (including phenoxy) is 2. The normalized spacial score (nSPS) is 11.7. The minimum Gasteiger partial charge on any atom is -0.493 e. The SMILES string of the molecule is COc1cccc(/C=C(\NC(=O)c2ccccc2)C(=O)Nc2ccc(SC(C(=O)Nc3cccc4ccccc34)c3ccccc3)cc2)c1OC. The fourth-order valence-electron chi connectivity index (χ4n) is 5.51. The number of fused-ring (bicyclic) bond motifs is 1. The lowest BCUT2D eigenvalue weighted by atomic mass is 10.1. The number of anilines is 2. The molecule has 9 heteroatoms. The third-order valence-corrected chi connectivity index (χ3v) is 9.28. The van der Waals surface area contributed by atoms with Gasteiger partial charge in [-0.1, -0.05) is 97.1 Å². The lowest BCUT2D eigenvalue weighted by Crippen LogP contribution is -2.30. The highest BCUT2D eigenvalue weighted by Crippen LogP contribution is 2.38. The topological polar surface area (TPSA) is 106 Å². The molecular weight excluding hydrogens is 659 g/mol. The van der Waals surface area contributed by atoms with Crippen LogP contribution >= 0.6 is 11.8 Å². The fraction of sp³-hybridized carbons (Fsp3) is 0.0714. The van der Waals surface area contributed by atoms with Crippen LogP contribution in [-0.2, 0) is 9.59 Å². The van der Waals surface area contributed by atoms with Crippen molar-refractivity contribution in [2.45, 2.75) is 10.1 Å². The number of thioether (sulfide) groups is 1. The highest BCUT2D eigenvalue weighted by atomic mass is 32.2. The Morgan fingerprint density at radius 3 is 2.06 bits per heavy atom. The van der Waals surface area contributed by atoms with Crippen LogP contribution in [-0.4, -0.2) is 31.9 Å². The van der Waals surface area contributed by atoms with E-state index in [0.29, 0.717) is 28.3 Å². The van der Waals surface area contributed by atoms with Gasteiger partial charge in [0.25, 0.3) is 11.8 Å². The first-order valence-corrected chi connectivity index (χ1v) is 17.0. The second-order valence-corrected chi connectivity index (χ2v) is 12.5. The summed E-state index contributed by atoms with van der Waals surface area (Å²) in [5.41, 5.74) is 3.03. The number of hydrogen-bond donors (Lipinski definition) is 3. The number of amides is 3. The molecule has 0 aromatic heterocycles. The molecule has 51 heavy (non-hydrogen) atoms. The molecule has 1 atom stereocenters. The monoisotopic (exact) mass is 693 g/mol. The molecule has 0 saturated heterocycles. The summed E-state index contributed by atoms with van der Waals surface area (Å²) in [5.74, 6) is -0.247. The van der Waals surface area contributed by atoms with Crippen LogP contribution in [0.3, 0.4) is 0 Å². The zero-order chi connectivity index (χ0) is 35.6. The Bertz CT molecular complexity index is 2180. The van der Waals surface area contributed by atoms with Crippen LogP contribution in [0.2, 0.25) is 0 Å². The van der Waals surface area contributed by atoms with Gasteiger partial charge in [-0.3, -0.25) is 14.4 Å². The maximum absolute atomic E-state index is 13.8. The van der Waals surface area contributed by atoms with Crippen LogP contribution in [0, 0.1) is 0 Å². The molecule has 0 fully saturated rings. The number of para-hydroxylation sites is 1. The van der Waals surface area contributed by atoms with Crippen molar-refractivity contribution in [2.75, 3.05) is 24.9 Å². The molecule has 0 spiro atoms. The molecular formula is C42H35N3O5S. The van der Waals surface area contributed by atoms with Crippen molar-refractivity contribution in [2.24, 2.45) is 0 Å². The van der Waals surface area contributed by atoms with E-state index in [9.17, 15) is 14.4 Å². The van der Waals surface area contributed by atoms with Crippen LogP contribution in [0.5, 0.6) is 11.5 Å². The number of carbonyl (C=O) groups excluding carboxylic acids is 3. The van der Waals surface area contributed by atoms with Crippen molar-refractivity contribution in [3.8, 4) is 11.5 Å². The van der Waals surface area contributed by atoms with E-state index in [4.69, 9.17) is 9.47 Å². The molecule has 3 N–H and O–H groups in total. The first-order chi connectivity index (χ1) is 24.9. The maximum Gasteiger partial charge on any atom is 0.272 e. The van der Waals surface area contributed by atoms with Gasteiger partial charge in [0, 0.05) is 32.8 Å². The molecule has 0 aliphatic heterocycles. The predicted octanol–water partition coefficient (Wildman–Crippen LogP) is 8.74. The number of methoxy groups -OCH3 is 2. The van der Waals surface area contributed by atoms with Crippen molar-refractivity contribution in [3.05, 3.63) is 168 Å². The van der Waals surface area contributed by atoms with E-state index in [1.165, 1.54) is 26.0 Å². The Morgan fingerprint density at radius 1 is 0.667 bits per heavy atom. The van der Waals surface area contributed by atoms with E-state index in [2.05, 4.69) is 16.0 Å². The third-order valence-electron chi connectivity index (χ3n) is 8.02. The second-order valence-electron chi connectivity index (χ2n) is 11.4. The smallest absolute Gasteiger partial charge is 0.272 e. The molecule has 0 aliphatic carbocycles. The molecule has 0 heterocycles. The number of nitrogens with one attached hydrogen (secondary N) is 3. The Labute approximate surface area is 300 Å². The summed E-state index contributed by atoms with van der Waals surface area (Å²) in [6.45, 7) is 0. The summed E-state index contributed by atoms with van der Waals surface area (Å²) in [4.78, 5) is 41.5. The lowest BCUT2D eigenvalue weighted by Gasteiger charge is -2.18. The first-order valence-electron chi connectivity index (χ1n) is 16.1. The van der Waals surface area contributed by atoms with Gasteiger partial charge in [0.15, 0.2) is 11.5 Å². The van der Waals surface area contributed by atoms with Gasteiger partial charge in [-0.2, -0.15) is 0 Å². The minimum atomic E-state index is -0.550. The maximum atomic E-state index is 13.8. The quantitative estimate of drug-likeness (QED) is 0.0875. The number of carbonyl (C=O) groups is 3. The van der Waals surface area contributed by atoms with Crippen LogP contribution in [0.25, 0.3) is 16.8 Å². The number of benzene rings is 6. The first kappa shape index (κ1) is 34.5. The number of hydrogen-bond acceptors (Lipinski definition) is 6. The predicted molar refractivity (Wildman–Crippen MR) is 204 cm³/mol. The summed E-state index contributed by atoms with van der Waals surface area (Å²) in [5, 5.41) is 10.2. The summed E-state index contributed by atoms with van der Waals surface area (Å²) in [6, 6.07) is 44.5. The van der Waals surface area contributed by atoms with E-state index in [0.717, 1.165) is 26.9 Å². The summed E-state index contributed by atoms with van der Waals surface area (Å²) >= 11 is 1.40. The van der Waals surface area contributed by atoms with Crippen LogP contribution in [0.15, 0.2) is 156 Å². The average Bonchev–Trinajstić information content (AvgIpc) is 3.17. The molecule has 6 rings (SSSR count). The van der Waals surface area contributed by atoms with E-state index < -0.39 is 17.1 Å². The van der Waals surface area contributed by atoms with Crippen molar-refractivity contribution in [1.29, 1.82) is 0 Å². The van der Waals surface area contributed by atoms with Gasteiger partial charge in [-0.05, 0) is 65.6 Å². The molecule has 0 aliphatic rings. The molecule has 3 amide bonds. The Balaban J connectivity index is 1.23. The molecule has 0 saturated carbocycles. The Kier molecular flexibility index (Phi) is 11.1. The molecule has 1 unspecified atom stereocenters. The highest BCUT2D eigenvalue weighted by molar-refractivity contribution is 8.00. The van der Waals surface area contributed by atoms with Gasteiger partial charge in [0.2, 0.25) is 5.91 Å². The summed E-state index contributed by atoms with van der Waals surface area (Å²) < 4.78 is 11.0. The Morgan fingerprint density at radius 2 is 1.33 bits per heavy atom. The highest BCUT2D eigenvalue weighted by Gasteiger charge is 2.23. The van der Waals surface area contributed by atoms with Crippen molar-refractivity contribution < 1.29 is 23.9 Å². The van der Waals surface area contributed by atoms with Gasteiger partial charge >= 0.3 is 0 Å². The van der Waals surface area contributed by atoms with Gasteiger partial charge in [0.1, 0.15) is 10.9 Å². The van der Waals surface area contributed by atoms with E-state index in [-0.39, 0.29) is 11.6 Å². The van der Waals surface area contributed by atoms with Crippen LogP contribution < -0.4 is 25.4 Å². The van der Waals surface area contributed by atoms with Crippen LogP contribution in [0.1, 0.15) is 26.7 Å². The molecule has 6 aromatic carbocycles. The zero-order valence-corrected chi connectivity index (χ0v) is 28.8. The largest absolute Gasteiger partial charge is 0.493 e. The van der Waals surface area contributed by atoms with Gasteiger partial charge in [-0.15, -0.1) is 11.8 Å². The second kappa shape index (κ2) is 16.4. The van der Waals surface area contributed by atoms with Crippen molar-refractivity contribution in [3.63, 3.8) is 0 Å². The molecule has 0 radical (unpaired) electrons. The molecule has 8 nitrogen and oxygen atoms in total. The third kappa shape index (κ3) is 8.46. The standard InChI is InChI=1S/C42H35N3O5S/c1-49-37-22-12-19-31(38(37)50-2)27-36(45-40(46)30-16-7-4-8-17-30)41(47)43-32-23-25-33(26-24-32)51-39(29-14-5-3-6-15-29)42(48)44-35-21-11-18-28-13-9-10-20-34(28)35/h3-27,39H,1-2H3,(H,43,47)(H,44,48)(H,45,46)/b36-27-. The number of rotatable bonds is 12. The Hall–Kier alpha value is -6.32. The van der Waals surface area contributed by atoms with Gasteiger partial charge in [0.05, 0.1) is 14.2 Å². The average molecular weight is 694 g/mol. The molecule has 0 bridgehead atoms. The van der Waals surface area contributed by atoms with Crippen molar-refractivity contribution in [1.82, 2.24) is 5.32 Å². The van der Waals surface area contributed by atoms with E-state index in [1.807, 2.05) is 91.0 Å². The van der Waals surface area contributed by atoms with Crippen LogP contribution in [0.4, 0.5) is 11.4 Å². The van der Waals surface area contributed by atoms with Gasteiger partial charge in [-0.25, -0.2) is 0 Å². The molecule has 6 aromatic rings. The zero-order valence-electron chi connectivity index (χ0n) is 28.0. The summed E-state index contributed by atoms with van der Waals surface area (Å²) in [6.07, 6.45) is 1.54. The van der Waals surface area contributed by atoms with Crippen molar-refractivity contribution >= 4 is 57.7 Å². The van der Waals surface area contributed by atoms with Gasteiger partial charge < -0.3 is 25.4 Å².